The van der Waals surface area contributed by atoms with Gasteiger partial charge in [-0.05, 0) is 30.1 Å². The maximum atomic E-state index is 4.13. The fourth-order valence-corrected chi connectivity index (χ4v) is 3.02. The Hall–Kier alpha value is -1.18. The summed E-state index contributed by atoms with van der Waals surface area (Å²) in [5, 5.41) is 12.3. The minimum absolute atomic E-state index is 0.233. The standard InChI is InChI=1S/C10H11N5S2/c1-15-4-7(8-5-16-13-11-8)2-3-10(15)9-6-17-14-12-9/h2-3,5-7,10H,4H2,1H3. The van der Waals surface area contributed by atoms with Crippen molar-refractivity contribution in [3.05, 3.63) is 34.3 Å². The smallest absolute Gasteiger partial charge is 0.0966 e. The Morgan fingerprint density at radius 1 is 1.12 bits per heavy atom. The average Bonchev–Trinajstić information content (AvgIpc) is 3.02. The van der Waals surface area contributed by atoms with Crippen molar-refractivity contribution < 1.29 is 0 Å². The predicted octanol–water partition coefficient (Wildman–Crippen LogP) is 1.72. The van der Waals surface area contributed by atoms with Gasteiger partial charge in [-0.1, -0.05) is 21.1 Å². The molecule has 2 atom stereocenters. The summed E-state index contributed by atoms with van der Waals surface area (Å²) in [5.41, 5.74) is 2.07. The first-order chi connectivity index (χ1) is 8.34. The van der Waals surface area contributed by atoms with Crippen molar-refractivity contribution in [2.45, 2.75) is 12.0 Å². The van der Waals surface area contributed by atoms with Crippen LogP contribution in [0.25, 0.3) is 0 Å². The largest absolute Gasteiger partial charge is 0.294 e. The molecule has 0 saturated carbocycles. The summed E-state index contributed by atoms with van der Waals surface area (Å²) in [7, 11) is 2.10. The average molecular weight is 265 g/mol. The third-order valence-electron chi connectivity index (χ3n) is 2.92. The first kappa shape index (κ1) is 10.9. The zero-order valence-corrected chi connectivity index (χ0v) is 10.9. The fraction of sp³-hybridized carbons (Fsp3) is 0.400. The molecule has 0 N–H and O–H groups in total. The van der Waals surface area contributed by atoms with Crippen molar-refractivity contribution in [2.75, 3.05) is 13.6 Å². The van der Waals surface area contributed by atoms with Gasteiger partial charge in [-0.15, -0.1) is 10.2 Å². The van der Waals surface area contributed by atoms with Crippen LogP contribution in [0.15, 0.2) is 22.9 Å². The van der Waals surface area contributed by atoms with E-state index in [0.29, 0.717) is 5.92 Å². The molecule has 0 saturated heterocycles. The van der Waals surface area contributed by atoms with Crippen molar-refractivity contribution in [2.24, 2.45) is 0 Å². The van der Waals surface area contributed by atoms with E-state index in [1.165, 1.54) is 23.1 Å². The number of aromatic nitrogens is 4. The van der Waals surface area contributed by atoms with E-state index >= 15 is 0 Å². The SMILES string of the molecule is CN1CC(c2csnn2)C=CC1c1csnn1. The summed E-state index contributed by atoms with van der Waals surface area (Å²) >= 11 is 2.79. The van der Waals surface area contributed by atoms with Crippen LogP contribution in [0.5, 0.6) is 0 Å². The second kappa shape index (κ2) is 4.59. The van der Waals surface area contributed by atoms with Gasteiger partial charge in [0.1, 0.15) is 0 Å². The summed E-state index contributed by atoms with van der Waals surface area (Å²) in [4.78, 5) is 2.26. The molecule has 5 nitrogen and oxygen atoms in total. The number of hydrogen-bond acceptors (Lipinski definition) is 7. The van der Waals surface area contributed by atoms with Crippen molar-refractivity contribution in [1.29, 1.82) is 0 Å². The second-order valence-electron chi connectivity index (χ2n) is 4.04. The number of likely N-dealkylation sites (N-methyl/N-ethyl adjacent to an activating group) is 1. The van der Waals surface area contributed by atoms with Crippen LogP contribution in [0, 0.1) is 0 Å². The summed E-state index contributed by atoms with van der Waals surface area (Å²) in [6, 6.07) is 0.233. The van der Waals surface area contributed by atoms with E-state index in [0.717, 1.165) is 17.9 Å². The van der Waals surface area contributed by atoms with Crippen LogP contribution >= 0.6 is 23.1 Å². The lowest BCUT2D eigenvalue weighted by molar-refractivity contribution is 0.259. The Bertz CT molecular complexity index is 493. The lowest BCUT2D eigenvalue weighted by Crippen LogP contribution is -2.31. The zero-order chi connectivity index (χ0) is 11.7. The highest BCUT2D eigenvalue weighted by molar-refractivity contribution is 7.03. The van der Waals surface area contributed by atoms with Crippen LogP contribution < -0.4 is 0 Å². The molecule has 88 valence electrons. The molecule has 0 aromatic carbocycles. The maximum Gasteiger partial charge on any atom is 0.0966 e. The molecule has 0 amide bonds. The van der Waals surface area contributed by atoms with Gasteiger partial charge in [-0.3, -0.25) is 4.90 Å². The highest BCUT2D eigenvalue weighted by atomic mass is 32.1. The molecule has 0 spiro atoms. The molecule has 1 aliphatic heterocycles. The lowest BCUT2D eigenvalue weighted by atomic mass is 9.98. The highest BCUT2D eigenvalue weighted by Gasteiger charge is 2.25. The van der Waals surface area contributed by atoms with E-state index in [1.54, 1.807) is 0 Å². The van der Waals surface area contributed by atoms with Crippen LogP contribution in [0.3, 0.4) is 0 Å². The molecular formula is C10H11N5S2. The fourth-order valence-electron chi connectivity index (χ4n) is 2.02. The molecule has 3 heterocycles. The lowest BCUT2D eigenvalue weighted by Gasteiger charge is -2.30. The van der Waals surface area contributed by atoms with Crippen molar-refractivity contribution in [1.82, 2.24) is 24.1 Å². The van der Waals surface area contributed by atoms with Crippen LogP contribution in [-0.4, -0.2) is 37.7 Å². The molecular weight excluding hydrogens is 254 g/mol. The highest BCUT2D eigenvalue weighted by Crippen LogP contribution is 2.29. The van der Waals surface area contributed by atoms with Crippen molar-refractivity contribution in [3.63, 3.8) is 0 Å². The van der Waals surface area contributed by atoms with Gasteiger partial charge in [0, 0.05) is 23.2 Å². The van der Waals surface area contributed by atoms with E-state index < -0.39 is 0 Å². The molecule has 1 aliphatic rings. The van der Waals surface area contributed by atoms with Gasteiger partial charge >= 0.3 is 0 Å². The van der Waals surface area contributed by atoms with E-state index in [-0.39, 0.29) is 6.04 Å². The monoisotopic (exact) mass is 265 g/mol. The van der Waals surface area contributed by atoms with Gasteiger partial charge in [0.2, 0.25) is 0 Å². The van der Waals surface area contributed by atoms with Gasteiger partial charge in [0.15, 0.2) is 0 Å². The van der Waals surface area contributed by atoms with E-state index in [2.05, 4.69) is 43.3 Å². The number of nitrogens with zero attached hydrogens (tertiary/aromatic N) is 5. The number of hydrogen-bond donors (Lipinski definition) is 0. The first-order valence-electron chi connectivity index (χ1n) is 5.27. The van der Waals surface area contributed by atoms with Crippen LogP contribution in [-0.2, 0) is 0 Å². The van der Waals surface area contributed by atoms with Crippen molar-refractivity contribution >= 4 is 23.1 Å². The number of rotatable bonds is 2. The molecule has 3 rings (SSSR count). The maximum absolute atomic E-state index is 4.13. The Morgan fingerprint density at radius 3 is 2.41 bits per heavy atom. The zero-order valence-electron chi connectivity index (χ0n) is 9.22. The molecule has 0 radical (unpaired) electrons. The van der Waals surface area contributed by atoms with E-state index in [1.807, 2.05) is 10.8 Å². The predicted molar refractivity (Wildman–Crippen MR) is 67.1 cm³/mol. The summed E-state index contributed by atoms with van der Waals surface area (Å²) in [6.07, 6.45) is 4.37. The minimum Gasteiger partial charge on any atom is -0.294 e. The Morgan fingerprint density at radius 2 is 1.82 bits per heavy atom. The molecule has 2 aromatic rings. The van der Waals surface area contributed by atoms with Crippen molar-refractivity contribution in [3.8, 4) is 0 Å². The Labute approximate surface area is 107 Å². The summed E-state index contributed by atoms with van der Waals surface area (Å²) in [6.45, 7) is 0.935. The molecule has 0 bridgehead atoms. The molecule has 0 fully saturated rings. The molecule has 7 heteroatoms. The Kier molecular flexibility index (Phi) is 2.96. The Balaban J connectivity index is 1.83. The quantitative estimate of drug-likeness (QED) is 0.774. The van der Waals surface area contributed by atoms with Gasteiger partial charge in [0.25, 0.3) is 0 Å². The van der Waals surface area contributed by atoms with Gasteiger partial charge in [0.05, 0.1) is 17.4 Å². The normalized spacial score (nSPS) is 25.2. The molecule has 0 aliphatic carbocycles. The van der Waals surface area contributed by atoms with Crippen LogP contribution in [0.4, 0.5) is 0 Å². The third-order valence-corrected chi connectivity index (χ3v) is 3.97. The van der Waals surface area contributed by atoms with E-state index in [9.17, 15) is 0 Å². The molecule has 2 aromatic heterocycles. The summed E-state index contributed by atoms with van der Waals surface area (Å²) < 4.78 is 7.82. The molecule has 17 heavy (non-hydrogen) atoms. The van der Waals surface area contributed by atoms with Crippen LogP contribution in [0.2, 0.25) is 0 Å². The topological polar surface area (TPSA) is 54.8 Å². The van der Waals surface area contributed by atoms with E-state index in [4.69, 9.17) is 0 Å². The van der Waals surface area contributed by atoms with Crippen LogP contribution in [0.1, 0.15) is 23.3 Å². The summed E-state index contributed by atoms with van der Waals surface area (Å²) in [5.74, 6) is 0.335. The molecule has 2 unspecified atom stereocenters. The first-order valence-corrected chi connectivity index (χ1v) is 6.94. The van der Waals surface area contributed by atoms with Gasteiger partial charge in [-0.2, -0.15) is 0 Å². The van der Waals surface area contributed by atoms with Gasteiger partial charge in [-0.25, -0.2) is 0 Å². The minimum atomic E-state index is 0.233. The second-order valence-corrected chi connectivity index (χ2v) is 5.25. The van der Waals surface area contributed by atoms with Gasteiger partial charge < -0.3 is 0 Å². The third kappa shape index (κ3) is 2.13.